The molecule has 0 fully saturated rings. The molecule has 0 unspecified atom stereocenters. The molecule has 106 valence electrons. The summed E-state index contributed by atoms with van der Waals surface area (Å²) in [6.07, 6.45) is 4.20. The molecule has 1 aromatic heterocycles. The number of esters is 1. The molecule has 0 N–H and O–H groups in total. The van der Waals surface area contributed by atoms with Gasteiger partial charge in [0.1, 0.15) is 11.3 Å². The molecule has 0 saturated carbocycles. The van der Waals surface area contributed by atoms with Crippen molar-refractivity contribution in [3.63, 3.8) is 0 Å². The summed E-state index contributed by atoms with van der Waals surface area (Å²) in [4.78, 5) is 11.9. The third-order valence-corrected chi connectivity index (χ3v) is 4.32. The third kappa shape index (κ3) is 1.79. The van der Waals surface area contributed by atoms with Crippen LogP contribution < -0.4 is 4.74 Å². The minimum Gasteiger partial charge on any atom is -0.495 e. The van der Waals surface area contributed by atoms with Gasteiger partial charge in [0.2, 0.25) is 0 Å². The van der Waals surface area contributed by atoms with Crippen molar-refractivity contribution in [2.45, 2.75) is 25.7 Å². The zero-order chi connectivity index (χ0) is 14.3. The van der Waals surface area contributed by atoms with Gasteiger partial charge in [0.25, 0.3) is 0 Å². The summed E-state index contributed by atoms with van der Waals surface area (Å²) in [5, 5.41) is 0.945. The largest absolute Gasteiger partial charge is 0.495 e. The molecule has 3 rings (SSSR count). The molecule has 0 amide bonds. The van der Waals surface area contributed by atoms with Gasteiger partial charge in [0.05, 0.1) is 19.7 Å². The highest BCUT2D eigenvalue weighted by atomic mass is 35.5. The number of aromatic nitrogens is 1. The van der Waals surface area contributed by atoms with Crippen molar-refractivity contribution in [3.8, 4) is 5.75 Å². The molecule has 0 bridgehead atoms. The van der Waals surface area contributed by atoms with Crippen LogP contribution in [0.5, 0.6) is 5.75 Å². The van der Waals surface area contributed by atoms with Crippen LogP contribution in [-0.4, -0.2) is 24.3 Å². The van der Waals surface area contributed by atoms with Crippen LogP contribution >= 0.6 is 11.8 Å². The SMILES string of the molecule is COC(=O)c1ccc2c(c3c(n2Cl)CCCC3)c1OC. The predicted octanol–water partition coefficient (Wildman–Crippen LogP) is 3.32. The van der Waals surface area contributed by atoms with Crippen molar-refractivity contribution >= 4 is 28.6 Å². The van der Waals surface area contributed by atoms with Crippen molar-refractivity contribution < 1.29 is 14.3 Å². The lowest BCUT2D eigenvalue weighted by Gasteiger charge is -2.13. The number of fused-ring (bicyclic) bond motifs is 3. The lowest BCUT2D eigenvalue weighted by atomic mass is 9.94. The van der Waals surface area contributed by atoms with Crippen LogP contribution in [0, 0.1) is 0 Å². The zero-order valence-electron chi connectivity index (χ0n) is 11.5. The average molecular weight is 294 g/mol. The smallest absolute Gasteiger partial charge is 0.341 e. The predicted molar refractivity (Wildman–Crippen MR) is 77.7 cm³/mol. The monoisotopic (exact) mass is 293 g/mol. The van der Waals surface area contributed by atoms with Crippen LogP contribution in [0.1, 0.15) is 34.5 Å². The Morgan fingerprint density at radius 1 is 1.25 bits per heavy atom. The Morgan fingerprint density at radius 3 is 2.70 bits per heavy atom. The summed E-state index contributed by atoms with van der Waals surface area (Å²) in [6, 6.07) is 3.56. The molecular formula is C15H16ClNO3. The van der Waals surface area contributed by atoms with Crippen LogP contribution in [0.25, 0.3) is 10.9 Å². The molecule has 20 heavy (non-hydrogen) atoms. The van der Waals surface area contributed by atoms with E-state index in [4.69, 9.17) is 21.3 Å². The Kier molecular flexibility index (Phi) is 3.34. The van der Waals surface area contributed by atoms with E-state index < -0.39 is 5.97 Å². The molecule has 0 spiro atoms. The van der Waals surface area contributed by atoms with Gasteiger partial charge in [-0.25, -0.2) is 4.79 Å². The number of hydrogen-bond acceptors (Lipinski definition) is 3. The number of carbonyl (C=O) groups excluding carboxylic acids is 1. The maximum Gasteiger partial charge on any atom is 0.341 e. The third-order valence-electron chi connectivity index (χ3n) is 3.93. The second kappa shape index (κ2) is 5.02. The Labute approximate surface area is 122 Å². The van der Waals surface area contributed by atoms with Crippen molar-refractivity contribution in [1.29, 1.82) is 0 Å². The van der Waals surface area contributed by atoms with Crippen LogP contribution in [0.3, 0.4) is 0 Å². The maximum absolute atomic E-state index is 11.9. The van der Waals surface area contributed by atoms with Gasteiger partial charge in [-0.15, -0.1) is 0 Å². The highest BCUT2D eigenvalue weighted by Crippen LogP contribution is 2.40. The van der Waals surface area contributed by atoms with Gasteiger partial charge in [0.15, 0.2) is 0 Å². The number of ether oxygens (including phenoxy) is 2. The van der Waals surface area contributed by atoms with E-state index in [1.807, 2.05) is 6.07 Å². The highest BCUT2D eigenvalue weighted by molar-refractivity contribution is 6.21. The first-order chi connectivity index (χ1) is 9.69. The second-order valence-electron chi connectivity index (χ2n) is 4.95. The fourth-order valence-electron chi connectivity index (χ4n) is 3.03. The Hall–Kier alpha value is -1.68. The molecule has 5 heteroatoms. The topological polar surface area (TPSA) is 40.5 Å². The average Bonchev–Trinajstić information content (AvgIpc) is 2.79. The van der Waals surface area contributed by atoms with Gasteiger partial charge in [-0.2, -0.15) is 0 Å². The van der Waals surface area contributed by atoms with E-state index in [1.165, 1.54) is 12.7 Å². The molecule has 1 aliphatic rings. The molecule has 1 aromatic carbocycles. The van der Waals surface area contributed by atoms with E-state index in [-0.39, 0.29) is 0 Å². The first kappa shape index (κ1) is 13.3. The fraction of sp³-hybridized carbons (Fsp3) is 0.400. The highest BCUT2D eigenvalue weighted by Gasteiger charge is 2.25. The molecule has 1 aliphatic carbocycles. The number of hydrogen-bond donors (Lipinski definition) is 0. The number of halogens is 1. The lowest BCUT2D eigenvalue weighted by molar-refractivity contribution is 0.0597. The van der Waals surface area contributed by atoms with Crippen LogP contribution in [0.15, 0.2) is 12.1 Å². The summed E-state index contributed by atoms with van der Waals surface area (Å²) in [6.45, 7) is 0. The van der Waals surface area contributed by atoms with E-state index in [2.05, 4.69) is 0 Å². The first-order valence-corrected chi connectivity index (χ1v) is 7.00. The molecule has 0 radical (unpaired) electrons. The molecule has 0 saturated heterocycles. The number of carbonyl (C=O) groups is 1. The second-order valence-corrected chi connectivity index (χ2v) is 5.28. The van der Waals surface area contributed by atoms with Gasteiger partial charge in [0, 0.05) is 22.9 Å². The summed E-state index contributed by atoms with van der Waals surface area (Å²) in [7, 11) is 2.94. The number of aryl methyl sites for hydroxylation is 1. The lowest BCUT2D eigenvalue weighted by Crippen LogP contribution is -2.05. The normalized spacial score (nSPS) is 14.2. The van der Waals surface area contributed by atoms with Gasteiger partial charge in [-0.05, 0) is 43.4 Å². The zero-order valence-corrected chi connectivity index (χ0v) is 12.3. The van der Waals surface area contributed by atoms with Gasteiger partial charge in [-0.3, -0.25) is 4.09 Å². The number of benzene rings is 1. The minimum atomic E-state index is -0.393. The minimum absolute atomic E-state index is 0.393. The number of rotatable bonds is 2. The van der Waals surface area contributed by atoms with Gasteiger partial charge >= 0.3 is 5.97 Å². The summed E-state index contributed by atoms with van der Waals surface area (Å²) in [5.74, 6) is 0.169. The van der Waals surface area contributed by atoms with E-state index in [1.54, 1.807) is 17.3 Å². The Bertz CT molecular complexity index is 690. The van der Waals surface area contributed by atoms with E-state index in [0.717, 1.165) is 42.3 Å². The van der Waals surface area contributed by atoms with E-state index in [9.17, 15) is 4.79 Å². The van der Waals surface area contributed by atoms with Crippen molar-refractivity contribution in [3.05, 3.63) is 29.0 Å². The van der Waals surface area contributed by atoms with Crippen molar-refractivity contribution in [2.75, 3.05) is 14.2 Å². The summed E-state index contributed by atoms with van der Waals surface area (Å²) in [5.41, 5.74) is 3.67. The summed E-state index contributed by atoms with van der Waals surface area (Å²) >= 11 is 6.41. The molecular weight excluding hydrogens is 278 g/mol. The Morgan fingerprint density at radius 2 is 2.00 bits per heavy atom. The van der Waals surface area contributed by atoms with Crippen LogP contribution in [0.4, 0.5) is 0 Å². The molecule has 0 atom stereocenters. The molecule has 2 aromatic rings. The quantitative estimate of drug-likeness (QED) is 0.798. The van der Waals surface area contributed by atoms with E-state index >= 15 is 0 Å². The van der Waals surface area contributed by atoms with Crippen LogP contribution in [0.2, 0.25) is 0 Å². The molecule has 4 nitrogen and oxygen atoms in total. The standard InChI is InChI=1S/C15H16ClNO3/c1-19-14-10(15(18)20-2)7-8-12-13(14)9-5-3-4-6-11(9)17(12)16/h7-8H,3-6H2,1-2H3. The van der Waals surface area contributed by atoms with Crippen molar-refractivity contribution in [1.82, 2.24) is 4.09 Å². The molecule has 0 aliphatic heterocycles. The molecule has 1 heterocycles. The van der Waals surface area contributed by atoms with Gasteiger partial charge < -0.3 is 9.47 Å². The van der Waals surface area contributed by atoms with Crippen molar-refractivity contribution in [2.24, 2.45) is 0 Å². The summed E-state index contributed by atoms with van der Waals surface area (Å²) < 4.78 is 12.0. The maximum atomic E-state index is 11.9. The number of nitrogens with zero attached hydrogens (tertiary/aromatic N) is 1. The Balaban J connectivity index is 2.36. The first-order valence-electron chi connectivity index (χ1n) is 6.66. The number of methoxy groups -OCH3 is 2. The van der Waals surface area contributed by atoms with Gasteiger partial charge in [-0.1, -0.05) is 0 Å². The fourth-order valence-corrected chi connectivity index (χ4v) is 3.36. The van der Waals surface area contributed by atoms with Crippen LogP contribution in [-0.2, 0) is 17.6 Å². The van der Waals surface area contributed by atoms with E-state index in [0.29, 0.717) is 11.3 Å².